The first kappa shape index (κ1) is 6.02. The van der Waals surface area contributed by atoms with Gasteiger partial charge in [0, 0.05) is 6.42 Å². The normalized spacial score (nSPS) is 38.2. The van der Waals surface area contributed by atoms with E-state index in [1.807, 2.05) is 6.92 Å². The standard InChI is InChI=1S/C6H11FO/c1-2-6-3-5(7)4-8-6/h5-6H,2-4H2,1H3/t5-,6?/m1/s1. The Morgan fingerprint density at radius 3 is 2.75 bits per heavy atom. The Bertz CT molecular complexity index is 74.9. The smallest absolute Gasteiger partial charge is 0.126 e. The molecule has 1 aliphatic heterocycles. The van der Waals surface area contributed by atoms with Gasteiger partial charge in [0.1, 0.15) is 6.17 Å². The molecule has 0 N–H and O–H groups in total. The van der Waals surface area contributed by atoms with Crippen molar-refractivity contribution in [1.82, 2.24) is 0 Å². The molecule has 1 saturated heterocycles. The fraction of sp³-hybridized carbons (Fsp3) is 1.00. The lowest BCUT2D eigenvalue weighted by atomic mass is 10.2. The van der Waals surface area contributed by atoms with E-state index in [-0.39, 0.29) is 6.10 Å². The lowest BCUT2D eigenvalue weighted by Crippen LogP contribution is -2.01. The Kier molecular flexibility index (Phi) is 1.84. The molecule has 2 heteroatoms. The van der Waals surface area contributed by atoms with Crippen LogP contribution in [0.25, 0.3) is 0 Å². The second kappa shape index (κ2) is 2.44. The maximum atomic E-state index is 12.2. The third kappa shape index (κ3) is 1.19. The van der Waals surface area contributed by atoms with E-state index in [1.165, 1.54) is 0 Å². The maximum Gasteiger partial charge on any atom is 0.126 e. The van der Waals surface area contributed by atoms with E-state index in [0.29, 0.717) is 13.0 Å². The molecule has 48 valence electrons. The minimum atomic E-state index is -0.694. The van der Waals surface area contributed by atoms with Gasteiger partial charge in [0.25, 0.3) is 0 Å². The van der Waals surface area contributed by atoms with E-state index in [0.717, 1.165) is 6.42 Å². The van der Waals surface area contributed by atoms with Gasteiger partial charge in [-0.15, -0.1) is 0 Å². The Morgan fingerprint density at radius 2 is 2.50 bits per heavy atom. The topological polar surface area (TPSA) is 9.23 Å². The van der Waals surface area contributed by atoms with Crippen molar-refractivity contribution >= 4 is 0 Å². The summed E-state index contributed by atoms with van der Waals surface area (Å²) in [5.74, 6) is 0. The molecule has 2 atom stereocenters. The molecule has 0 amide bonds. The van der Waals surface area contributed by atoms with Crippen molar-refractivity contribution < 1.29 is 9.13 Å². The van der Waals surface area contributed by atoms with Gasteiger partial charge in [0.05, 0.1) is 12.7 Å². The zero-order valence-electron chi connectivity index (χ0n) is 5.06. The highest BCUT2D eigenvalue weighted by atomic mass is 19.1. The van der Waals surface area contributed by atoms with Crippen LogP contribution in [-0.2, 0) is 4.74 Å². The van der Waals surface area contributed by atoms with Crippen LogP contribution in [0.3, 0.4) is 0 Å². The molecule has 1 nitrogen and oxygen atoms in total. The molecule has 0 saturated carbocycles. The molecular weight excluding hydrogens is 107 g/mol. The van der Waals surface area contributed by atoms with E-state index >= 15 is 0 Å². The minimum absolute atomic E-state index is 0.199. The van der Waals surface area contributed by atoms with Gasteiger partial charge in [-0.1, -0.05) is 6.92 Å². The monoisotopic (exact) mass is 118 g/mol. The highest BCUT2D eigenvalue weighted by Crippen LogP contribution is 2.17. The summed E-state index contributed by atoms with van der Waals surface area (Å²) in [6.45, 7) is 2.33. The van der Waals surface area contributed by atoms with Crippen LogP contribution in [0.5, 0.6) is 0 Å². The largest absolute Gasteiger partial charge is 0.375 e. The van der Waals surface area contributed by atoms with Crippen LogP contribution in [0.1, 0.15) is 19.8 Å². The van der Waals surface area contributed by atoms with Crippen molar-refractivity contribution in [1.29, 1.82) is 0 Å². The molecule has 1 heterocycles. The predicted octanol–water partition coefficient (Wildman–Crippen LogP) is 1.52. The predicted molar refractivity (Wildman–Crippen MR) is 29.5 cm³/mol. The van der Waals surface area contributed by atoms with Gasteiger partial charge >= 0.3 is 0 Å². The van der Waals surface area contributed by atoms with Crippen molar-refractivity contribution in [3.05, 3.63) is 0 Å². The van der Waals surface area contributed by atoms with Crippen molar-refractivity contribution in [3.8, 4) is 0 Å². The van der Waals surface area contributed by atoms with Gasteiger partial charge < -0.3 is 4.74 Å². The molecular formula is C6H11FO. The Hall–Kier alpha value is -0.110. The summed E-state index contributed by atoms with van der Waals surface area (Å²) in [7, 11) is 0. The van der Waals surface area contributed by atoms with Gasteiger partial charge in [-0.25, -0.2) is 4.39 Å². The number of rotatable bonds is 1. The summed E-state index contributed by atoms with van der Waals surface area (Å²) in [5, 5.41) is 0. The van der Waals surface area contributed by atoms with Crippen molar-refractivity contribution in [2.45, 2.75) is 32.0 Å². The van der Waals surface area contributed by atoms with Crippen LogP contribution in [0.2, 0.25) is 0 Å². The molecule has 0 aromatic heterocycles. The average molecular weight is 118 g/mol. The third-order valence-electron chi connectivity index (χ3n) is 1.49. The average Bonchev–Trinajstić information content (AvgIpc) is 2.14. The molecule has 0 aliphatic carbocycles. The van der Waals surface area contributed by atoms with Crippen LogP contribution in [0, 0.1) is 0 Å². The molecule has 0 radical (unpaired) electrons. The highest BCUT2D eigenvalue weighted by Gasteiger charge is 2.22. The first-order chi connectivity index (χ1) is 3.83. The second-order valence-electron chi connectivity index (χ2n) is 2.20. The molecule has 1 unspecified atom stereocenters. The third-order valence-corrected chi connectivity index (χ3v) is 1.49. The number of alkyl halides is 1. The highest BCUT2D eigenvalue weighted by molar-refractivity contribution is 4.70. The van der Waals surface area contributed by atoms with E-state index in [1.54, 1.807) is 0 Å². The van der Waals surface area contributed by atoms with Crippen LogP contribution in [-0.4, -0.2) is 18.9 Å². The fourth-order valence-corrected chi connectivity index (χ4v) is 0.946. The van der Waals surface area contributed by atoms with Crippen LogP contribution < -0.4 is 0 Å². The maximum absolute atomic E-state index is 12.2. The molecule has 1 fully saturated rings. The Morgan fingerprint density at radius 1 is 1.75 bits per heavy atom. The first-order valence-corrected chi connectivity index (χ1v) is 3.08. The summed E-state index contributed by atoms with van der Waals surface area (Å²) in [4.78, 5) is 0. The Labute approximate surface area is 48.8 Å². The zero-order valence-corrected chi connectivity index (χ0v) is 5.06. The van der Waals surface area contributed by atoms with Crippen LogP contribution in [0.4, 0.5) is 4.39 Å². The molecule has 0 aromatic carbocycles. The Balaban J connectivity index is 2.22. The SMILES string of the molecule is CCC1C[C@@H](F)CO1. The molecule has 1 aliphatic rings. The summed E-state index contributed by atoms with van der Waals surface area (Å²) in [6, 6.07) is 0. The van der Waals surface area contributed by atoms with Crippen molar-refractivity contribution in [2.75, 3.05) is 6.61 Å². The molecule has 8 heavy (non-hydrogen) atoms. The van der Waals surface area contributed by atoms with E-state index < -0.39 is 6.17 Å². The summed E-state index contributed by atoms with van der Waals surface area (Å²) < 4.78 is 17.3. The lowest BCUT2D eigenvalue weighted by molar-refractivity contribution is 0.101. The van der Waals surface area contributed by atoms with Gasteiger partial charge in [-0.3, -0.25) is 0 Å². The number of hydrogen-bond acceptors (Lipinski definition) is 1. The molecule has 0 bridgehead atoms. The minimum Gasteiger partial charge on any atom is -0.375 e. The van der Waals surface area contributed by atoms with E-state index in [9.17, 15) is 4.39 Å². The van der Waals surface area contributed by atoms with Crippen molar-refractivity contribution in [2.24, 2.45) is 0 Å². The van der Waals surface area contributed by atoms with E-state index in [4.69, 9.17) is 4.74 Å². The zero-order chi connectivity index (χ0) is 5.98. The molecule has 0 aromatic rings. The first-order valence-electron chi connectivity index (χ1n) is 3.08. The van der Waals surface area contributed by atoms with Gasteiger partial charge in [0.2, 0.25) is 0 Å². The van der Waals surface area contributed by atoms with Crippen LogP contribution >= 0.6 is 0 Å². The van der Waals surface area contributed by atoms with Crippen LogP contribution in [0.15, 0.2) is 0 Å². The fourth-order valence-electron chi connectivity index (χ4n) is 0.946. The molecule has 1 rings (SSSR count). The second-order valence-corrected chi connectivity index (χ2v) is 2.20. The van der Waals surface area contributed by atoms with Gasteiger partial charge in [-0.2, -0.15) is 0 Å². The van der Waals surface area contributed by atoms with Crippen molar-refractivity contribution in [3.63, 3.8) is 0 Å². The number of halogens is 1. The quantitative estimate of drug-likeness (QED) is 0.507. The summed E-state index contributed by atoms with van der Waals surface area (Å²) in [5.41, 5.74) is 0. The number of hydrogen-bond donors (Lipinski definition) is 0. The molecule has 0 spiro atoms. The lowest BCUT2D eigenvalue weighted by Gasteiger charge is -2.00. The van der Waals surface area contributed by atoms with E-state index in [2.05, 4.69) is 0 Å². The summed E-state index contributed by atoms with van der Waals surface area (Å²) in [6.07, 6.45) is 1.06. The van der Waals surface area contributed by atoms with Gasteiger partial charge in [-0.05, 0) is 6.42 Å². The number of ether oxygens (including phenoxy) is 1. The summed E-state index contributed by atoms with van der Waals surface area (Å²) >= 11 is 0. The van der Waals surface area contributed by atoms with Gasteiger partial charge in [0.15, 0.2) is 0 Å².